The van der Waals surface area contributed by atoms with Gasteiger partial charge in [-0.2, -0.15) is 12.6 Å². The van der Waals surface area contributed by atoms with Crippen molar-refractivity contribution in [1.29, 1.82) is 0 Å². The van der Waals surface area contributed by atoms with Crippen molar-refractivity contribution in [1.82, 2.24) is 5.32 Å². The summed E-state index contributed by atoms with van der Waals surface area (Å²) in [6, 6.07) is -1.76. The van der Waals surface area contributed by atoms with Crippen LogP contribution in [0.25, 0.3) is 0 Å². The average Bonchev–Trinajstić information content (AvgIpc) is 2.48. The van der Waals surface area contributed by atoms with Gasteiger partial charge in [-0.05, 0) is 27.2 Å². The number of rotatable bonds is 7. The highest BCUT2D eigenvalue weighted by Crippen LogP contribution is 2.07. The molecule has 146 valence electrons. The first-order chi connectivity index (χ1) is 11.3. The first-order valence-electron chi connectivity index (χ1n) is 7.29. The van der Waals surface area contributed by atoms with Crippen LogP contribution in [0.4, 0.5) is 4.79 Å². The molecule has 6 N–H and O–H groups in total. The number of carboxylic acids is 1. The largest absolute Gasteiger partial charge is 0.480 e. The number of primary amides is 1. The number of nitrogens with one attached hydrogen (secondary N) is 1. The maximum absolute atomic E-state index is 11.3. The quantitative estimate of drug-likeness (QED) is 0.294. The van der Waals surface area contributed by atoms with Crippen LogP contribution in [0.2, 0.25) is 0 Å². The minimum absolute atomic E-state index is 0.0656. The lowest BCUT2D eigenvalue weighted by atomic mass is 10.1. The molecule has 0 rings (SSSR count). The van der Waals surface area contributed by atoms with E-state index in [1.54, 1.807) is 20.8 Å². The van der Waals surface area contributed by atoms with E-state index in [-0.39, 0.29) is 12.8 Å². The molecular weight excluding hydrogens is 354 g/mol. The Labute approximate surface area is 152 Å². The van der Waals surface area contributed by atoms with Crippen LogP contribution in [0.5, 0.6) is 0 Å². The number of methoxy groups -OCH3 is 1. The monoisotopic (exact) mass is 381 g/mol. The second-order valence-corrected chi connectivity index (χ2v) is 6.22. The summed E-state index contributed by atoms with van der Waals surface area (Å²) in [5.41, 5.74) is 9.36. The minimum Gasteiger partial charge on any atom is -0.480 e. The Morgan fingerprint density at radius 3 is 2.04 bits per heavy atom. The lowest BCUT2D eigenvalue weighted by Gasteiger charge is -2.21. The first kappa shape index (κ1) is 25.2. The first-order valence-corrected chi connectivity index (χ1v) is 7.92. The Bertz CT molecular complexity index is 466. The van der Waals surface area contributed by atoms with Gasteiger partial charge in [0.05, 0.1) is 7.11 Å². The number of alkyl carbamates (subject to hydrolysis) is 1. The highest BCUT2D eigenvalue weighted by molar-refractivity contribution is 7.80. The molecule has 0 bridgehead atoms. The Kier molecular flexibility index (Phi) is 12.5. The number of carbonyl (C=O) groups is 4. The predicted octanol–water partition coefficient (Wildman–Crippen LogP) is -0.354. The molecule has 0 saturated heterocycles. The Hall–Kier alpha value is -2.01. The van der Waals surface area contributed by atoms with Crippen molar-refractivity contribution in [3.63, 3.8) is 0 Å². The average molecular weight is 381 g/mol. The molecule has 0 radical (unpaired) electrons. The van der Waals surface area contributed by atoms with Crippen LogP contribution in [-0.2, 0) is 23.9 Å². The van der Waals surface area contributed by atoms with Gasteiger partial charge in [-0.25, -0.2) is 9.59 Å². The maximum atomic E-state index is 11.3. The van der Waals surface area contributed by atoms with E-state index in [4.69, 9.17) is 21.3 Å². The Morgan fingerprint density at radius 1 is 1.24 bits per heavy atom. The van der Waals surface area contributed by atoms with E-state index in [0.717, 1.165) is 0 Å². The summed E-state index contributed by atoms with van der Waals surface area (Å²) in [5, 5.41) is 11.0. The fraction of sp³-hybridized carbons (Fsp3) is 0.714. The molecule has 0 aliphatic rings. The van der Waals surface area contributed by atoms with Gasteiger partial charge in [-0.3, -0.25) is 9.59 Å². The molecule has 0 fully saturated rings. The fourth-order valence-corrected chi connectivity index (χ4v) is 1.37. The van der Waals surface area contributed by atoms with Crippen molar-refractivity contribution in [3.05, 3.63) is 0 Å². The zero-order valence-electron chi connectivity index (χ0n) is 14.8. The Balaban J connectivity index is 0. The summed E-state index contributed by atoms with van der Waals surface area (Å²) in [7, 11) is 1.30. The summed E-state index contributed by atoms with van der Waals surface area (Å²) in [6.45, 7) is 4.98. The molecular formula is C14H27N3O7S. The molecule has 0 aromatic carbocycles. The van der Waals surface area contributed by atoms with Crippen LogP contribution in [-0.4, -0.2) is 59.6 Å². The fourth-order valence-electron chi connectivity index (χ4n) is 1.22. The van der Waals surface area contributed by atoms with E-state index >= 15 is 0 Å². The van der Waals surface area contributed by atoms with E-state index in [9.17, 15) is 19.2 Å². The van der Waals surface area contributed by atoms with Gasteiger partial charge in [0.1, 0.15) is 17.7 Å². The number of carboxylic acid groups (broad SMARTS) is 1. The smallest absolute Gasteiger partial charge is 0.408 e. The number of amides is 2. The summed E-state index contributed by atoms with van der Waals surface area (Å²) in [5.74, 6) is -1.95. The maximum Gasteiger partial charge on any atom is 0.408 e. The predicted molar refractivity (Wildman–Crippen MR) is 93.1 cm³/mol. The van der Waals surface area contributed by atoms with E-state index in [1.807, 2.05) is 0 Å². The van der Waals surface area contributed by atoms with Crippen molar-refractivity contribution in [2.45, 2.75) is 51.3 Å². The van der Waals surface area contributed by atoms with Crippen LogP contribution in [0, 0.1) is 0 Å². The second kappa shape index (κ2) is 12.4. The molecule has 11 heteroatoms. The molecule has 25 heavy (non-hydrogen) atoms. The summed E-state index contributed by atoms with van der Waals surface area (Å²) < 4.78 is 9.19. The topological polar surface area (TPSA) is 171 Å². The molecule has 10 nitrogen and oxygen atoms in total. The molecule has 0 heterocycles. The third-order valence-electron chi connectivity index (χ3n) is 2.37. The summed E-state index contributed by atoms with van der Waals surface area (Å²) in [4.78, 5) is 43.0. The van der Waals surface area contributed by atoms with Crippen LogP contribution in [0.15, 0.2) is 0 Å². The third kappa shape index (κ3) is 15.3. The normalized spacial score (nSPS) is 12.7. The molecule has 0 aliphatic heterocycles. The molecule has 2 unspecified atom stereocenters. The highest BCUT2D eigenvalue weighted by atomic mass is 32.1. The van der Waals surface area contributed by atoms with Gasteiger partial charge in [0.15, 0.2) is 0 Å². The van der Waals surface area contributed by atoms with Crippen LogP contribution in [0.1, 0.15) is 33.6 Å². The van der Waals surface area contributed by atoms with Crippen molar-refractivity contribution in [3.8, 4) is 0 Å². The van der Waals surface area contributed by atoms with Crippen LogP contribution < -0.4 is 16.8 Å². The number of esters is 1. The third-order valence-corrected chi connectivity index (χ3v) is 2.76. The lowest BCUT2D eigenvalue weighted by Crippen LogP contribution is -2.43. The number of hydrogen-bond acceptors (Lipinski definition) is 8. The van der Waals surface area contributed by atoms with Crippen molar-refractivity contribution < 1.29 is 33.8 Å². The SMILES string of the molecule is CC(C)(C)OC(=O)NC(CCC(N)=O)C(=O)O.COC(=O)C(N)CS. The van der Waals surface area contributed by atoms with Gasteiger partial charge in [0.25, 0.3) is 0 Å². The van der Waals surface area contributed by atoms with Crippen LogP contribution in [0.3, 0.4) is 0 Å². The number of thiol groups is 1. The van der Waals surface area contributed by atoms with Gasteiger partial charge >= 0.3 is 18.0 Å². The van der Waals surface area contributed by atoms with Crippen molar-refractivity contribution in [2.24, 2.45) is 11.5 Å². The molecule has 0 saturated carbocycles. The minimum atomic E-state index is -1.24. The van der Waals surface area contributed by atoms with E-state index in [1.165, 1.54) is 7.11 Å². The second-order valence-electron chi connectivity index (χ2n) is 5.85. The van der Waals surface area contributed by atoms with E-state index < -0.39 is 41.6 Å². The van der Waals surface area contributed by atoms with E-state index in [0.29, 0.717) is 5.75 Å². The summed E-state index contributed by atoms with van der Waals surface area (Å²) >= 11 is 3.78. The van der Waals surface area contributed by atoms with Crippen LogP contribution >= 0.6 is 12.6 Å². The molecule has 2 atom stereocenters. The van der Waals surface area contributed by atoms with Crippen molar-refractivity contribution >= 4 is 36.6 Å². The number of nitrogens with two attached hydrogens (primary N) is 2. The molecule has 0 spiro atoms. The van der Waals surface area contributed by atoms with Gasteiger partial charge in [-0.15, -0.1) is 0 Å². The highest BCUT2D eigenvalue weighted by Gasteiger charge is 2.24. The molecule has 0 aromatic rings. The number of ether oxygens (including phenoxy) is 2. The van der Waals surface area contributed by atoms with Gasteiger partial charge in [0.2, 0.25) is 5.91 Å². The van der Waals surface area contributed by atoms with Gasteiger partial charge < -0.3 is 31.4 Å². The Morgan fingerprint density at radius 2 is 1.76 bits per heavy atom. The van der Waals surface area contributed by atoms with E-state index in [2.05, 4.69) is 22.7 Å². The molecule has 0 aromatic heterocycles. The number of aliphatic carboxylic acids is 1. The molecule has 0 aliphatic carbocycles. The number of carbonyl (C=O) groups excluding carboxylic acids is 3. The van der Waals surface area contributed by atoms with Crippen molar-refractivity contribution in [2.75, 3.05) is 12.9 Å². The molecule has 2 amide bonds. The lowest BCUT2D eigenvalue weighted by molar-refractivity contribution is -0.141. The standard InChI is InChI=1S/C10H18N2O5.C4H9NO2S/c1-10(2,3)17-9(16)12-6(8(14)15)4-5-7(11)13;1-7-4(6)3(5)2-8/h6H,4-5H2,1-3H3,(H2,11,13)(H,12,16)(H,14,15);3,8H,2,5H2,1H3. The van der Waals surface area contributed by atoms with Gasteiger partial charge in [-0.1, -0.05) is 0 Å². The zero-order valence-corrected chi connectivity index (χ0v) is 15.7. The zero-order chi connectivity index (χ0) is 20.2. The number of hydrogen-bond donors (Lipinski definition) is 5. The van der Waals surface area contributed by atoms with Gasteiger partial charge in [0, 0.05) is 12.2 Å². The summed E-state index contributed by atoms with van der Waals surface area (Å²) in [6.07, 6.45) is -1.02.